The zero-order valence-corrected chi connectivity index (χ0v) is 19.6. The summed E-state index contributed by atoms with van der Waals surface area (Å²) in [6, 6.07) is 11.9. The first-order valence-electron chi connectivity index (χ1n) is 11.1. The molecule has 1 aliphatic heterocycles. The highest BCUT2D eigenvalue weighted by atomic mass is 19.4. The van der Waals surface area contributed by atoms with Gasteiger partial charge in [0.1, 0.15) is 5.75 Å². The molecule has 4 rings (SSSR count). The maximum atomic E-state index is 14.9. The molecule has 0 radical (unpaired) electrons. The molecule has 1 aromatic heterocycles. The van der Waals surface area contributed by atoms with Gasteiger partial charge in [0.2, 0.25) is 0 Å². The predicted molar refractivity (Wildman–Crippen MR) is 121 cm³/mol. The zero-order chi connectivity index (χ0) is 27.0. The van der Waals surface area contributed by atoms with E-state index in [0.29, 0.717) is 16.7 Å². The average molecular weight is 524 g/mol. The first-order valence-corrected chi connectivity index (χ1v) is 11.1. The fraction of sp³-hybridized carbons (Fsp3) is 0.320. The van der Waals surface area contributed by atoms with Crippen molar-refractivity contribution in [3.63, 3.8) is 0 Å². The Hall–Kier alpha value is -3.96. The highest BCUT2D eigenvalue weighted by molar-refractivity contribution is 5.95. The molecule has 1 fully saturated rings. The number of amides is 1. The Morgan fingerprint density at radius 3 is 2.54 bits per heavy atom. The monoisotopic (exact) mass is 524 g/mol. The Labute approximate surface area is 207 Å². The van der Waals surface area contributed by atoms with E-state index in [0.717, 1.165) is 11.0 Å². The molecule has 0 bridgehead atoms. The standard InChI is InChI=1S/C25H21F5N2O5/c1-14-9-16(11-17(10-14)35-2)22(33)32-8-7-24(26,27)20(13-32)37-21-19(36-23(34)25(28,29)30)12-15-5-3-4-6-18(15)31-21/h3-6,9-12,20H,7-8,13H2,1-2H3. The summed E-state index contributed by atoms with van der Waals surface area (Å²) in [5.74, 6) is -7.66. The van der Waals surface area contributed by atoms with Crippen molar-refractivity contribution in [3.8, 4) is 17.4 Å². The van der Waals surface area contributed by atoms with E-state index < -0.39 is 54.7 Å². The van der Waals surface area contributed by atoms with Crippen LogP contribution in [0.4, 0.5) is 22.0 Å². The second-order valence-electron chi connectivity index (χ2n) is 8.48. The molecule has 7 nitrogen and oxygen atoms in total. The number of benzene rings is 2. The number of hydrogen-bond acceptors (Lipinski definition) is 6. The number of esters is 1. The summed E-state index contributed by atoms with van der Waals surface area (Å²) >= 11 is 0. The summed E-state index contributed by atoms with van der Waals surface area (Å²) < 4.78 is 83.2. The molecule has 37 heavy (non-hydrogen) atoms. The molecule has 1 atom stereocenters. The lowest BCUT2D eigenvalue weighted by atomic mass is 10.0. The van der Waals surface area contributed by atoms with Crippen molar-refractivity contribution < 1.29 is 45.8 Å². The molecule has 1 aliphatic rings. The van der Waals surface area contributed by atoms with Gasteiger partial charge in [-0.1, -0.05) is 18.2 Å². The number of aromatic nitrogens is 1. The van der Waals surface area contributed by atoms with E-state index >= 15 is 0 Å². The van der Waals surface area contributed by atoms with Crippen LogP contribution in [0.1, 0.15) is 22.3 Å². The van der Waals surface area contributed by atoms with Gasteiger partial charge in [-0.05, 0) is 42.8 Å². The number of hydrogen-bond donors (Lipinski definition) is 0. The second-order valence-corrected chi connectivity index (χ2v) is 8.48. The van der Waals surface area contributed by atoms with Gasteiger partial charge in [-0.3, -0.25) is 4.79 Å². The van der Waals surface area contributed by atoms with Crippen molar-refractivity contribution in [1.29, 1.82) is 0 Å². The van der Waals surface area contributed by atoms with Crippen LogP contribution in [0.15, 0.2) is 48.5 Å². The molecule has 0 N–H and O–H groups in total. The van der Waals surface area contributed by atoms with Crippen LogP contribution in [0, 0.1) is 6.92 Å². The van der Waals surface area contributed by atoms with Gasteiger partial charge in [-0.15, -0.1) is 0 Å². The van der Waals surface area contributed by atoms with Crippen molar-refractivity contribution >= 4 is 22.8 Å². The molecule has 12 heteroatoms. The Morgan fingerprint density at radius 1 is 1.11 bits per heavy atom. The molecule has 196 valence electrons. The number of rotatable bonds is 5. The van der Waals surface area contributed by atoms with Gasteiger partial charge >= 0.3 is 12.1 Å². The number of pyridine rings is 1. The summed E-state index contributed by atoms with van der Waals surface area (Å²) in [4.78, 5) is 29.7. The maximum Gasteiger partial charge on any atom is 0.491 e. The fourth-order valence-corrected chi connectivity index (χ4v) is 3.88. The Morgan fingerprint density at radius 2 is 1.84 bits per heavy atom. The van der Waals surface area contributed by atoms with Crippen LogP contribution in [0.25, 0.3) is 10.9 Å². The van der Waals surface area contributed by atoms with Crippen LogP contribution in [0.5, 0.6) is 17.4 Å². The fourth-order valence-electron chi connectivity index (χ4n) is 3.88. The highest BCUT2D eigenvalue weighted by Gasteiger charge is 2.48. The SMILES string of the molecule is COc1cc(C)cc(C(=O)N2CCC(F)(F)C(Oc3nc4ccccc4cc3OC(=O)C(F)(F)F)C2)c1. The Kier molecular flexibility index (Phi) is 6.94. The summed E-state index contributed by atoms with van der Waals surface area (Å²) in [6.07, 6.45) is -8.08. The first kappa shape index (κ1) is 26.1. The number of fused-ring (bicyclic) bond motifs is 1. The summed E-state index contributed by atoms with van der Waals surface area (Å²) in [7, 11) is 1.42. The van der Waals surface area contributed by atoms with Crippen molar-refractivity contribution in [2.24, 2.45) is 0 Å². The number of ether oxygens (including phenoxy) is 3. The second kappa shape index (κ2) is 9.83. The minimum Gasteiger partial charge on any atom is -0.497 e. The van der Waals surface area contributed by atoms with Gasteiger partial charge in [0.05, 0.1) is 19.2 Å². The van der Waals surface area contributed by atoms with Crippen molar-refractivity contribution in [3.05, 3.63) is 59.7 Å². The van der Waals surface area contributed by atoms with Crippen LogP contribution in [0.2, 0.25) is 0 Å². The molecule has 2 aromatic carbocycles. The van der Waals surface area contributed by atoms with E-state index in [1.807, 2.05) is 0 Å². The van der Waals surface area contributed by atoms with Crippen LogP contribution < -0.4 is 14.2 Å². The first-order chi connectivity index (χ1) is 17.4. The van der Waals surface area contributed by atoms with Gasteiger partial charge in [0.15, 0.2) is 11.9 Å². The minimum absolute atomic E-state index is 0.211. The van der Waals surface area contributed by atoms with Gasteiger partial charge in [0, 0.05) is 23.9 Å². The van der Waals surface area contributed by atoms with Crippen molar-refractivity contribution in [2.75, 3.05) is 20.2 Å². The molecule has 3 aromatic rings. The van der Waals surface area contributed by atoms with Gasteiger partial charge in [-0.25, -0.2) is 18.6 Å². The maximum absolute atomic E-state index is 14.9. The average Bonchev–Trinajstić information content (AvgIpc) is 2.84. The summed E-state index contributed by atoms with van der Waals surface area (Å²) in [5.41, 5.74) is 1.14. The van der Waals surface area contributed by atoms with Crippen LogP contribution in [-0.4, -0.2) is 60.2 Å². The number of carbonyl (C=O) groups excluding carboxylic acids is 2. The molecule has 0 aliphatic carbocycles. The highest BCUT2D eigenvalue weighted by Crippen LogP contribution is 2.37. The van der Waals surface area contributed by atoms with Crippen molar-refractivity contribution in [2.45, 2.75) is 31.5 Å². The third-order valence-corrected chi connectivity index (χ3v) is 5.74. The van der Waals surface area contributed by atoms with Gasteiger partial charge in [-0.2, -0.15) is 13.2 Å². The van der Waals surface area contributed by atoms with Crippen molar-refractivity contribution in [1.82, 2.24) is 9.88 Å². The Bertz CT molecular complexity index is 1340. The number of halogens is 5. The number of piperidine rings is 1. The van der Waals surface area contributed by atoms with E-state index in [1.165, 1.54) is 25.3 Å². The van der Waals surface area contributed by atoms with Gasteiger partial charge < -0.3 is 19.1 Å². The van der Waals surface area contributed by atoms with Gasteiger partial charge in [0.25, 0.3) is 17.7 Å². The quantitative estimate of drug-likeness (QED) is 0.347. The number of nitrogens with zero attached hydrogens (tertiary/aromatic N) is 2. The molecule has 0 saturated carbocycles. The number of alkyl halides is 5. The van der Waals surface area contributed by atoms with Crippen LogP contribution >= 0.6 is 0 Å². The van der Waals surface area contributed by atoms with E-state index in [2.05, 4.69) is 9.72 Å². The molecular weight excluding hydrogens is 503 g/mol. The van der Waals surface area contributed by atoms with Crippen LogP contribution in [0.3, 0.4) is 0 Å². The third kappa shape index (κ3) is 5.73. The number of carbonyl (C=O) groups is 2. The predicted octanol–water partition coefficient (Wildman–Crippen LogP) is 4.95. The van der Waals surface area contributed by atoms with Crippen LogP contribution in [-0.2, 0) is 4.79 Å². The largest absolute Gasteiger partial charge is 0.497 e. The number of likely N-dealkylation sites (tertiary alicyclic amines) is 1. The Balaban J connectivity index is 1.65. The molecule has 1 amide bonds. The van der Waals surface area contributed by atoms with E-state index in [1.54, 1.807) is 31.2 Å². The van der Waals surface area contributed by atoms with E-state index in [9.17, 15) is 31.5 Å². The normalized spacial score (nSPS) is 17.4. The third-order valence-electron chi connectivity index (χ3n) is 5.74. The summed E-state index contributed by atoms with van der Waals surface area (Å²) in [6.45, 7) is 0.858. The summed E-state index contributed by atoms with van der Waals surface area (Å²) in [5, 5.41) is 0.292. The number of aryl methyl sites for hydroxylation is 1. The number of methoxy groups -OCH3 is 1. The van der Waals surface area contributed by atoms with E-state index in [-0.39, 0.29) is 17.6 Å². The number of para-hydroxylation sites is 1. The smallest absolute Gasteiger partial charge is 0.491 e. The molecular formula is C25H21F5N2O5. The molecule has 1 saturated heterocycles. The minimum atomic E-state index is -5.34. The lowest BCUT2D eigenvalue weighted by molar-refractivity contribution is -0.190. The zero-order valence-electron chi connectivity index (χ0n) is 19.6. The lowest BCUT2D eigenvalue weighted by Crippen LogP contribution is -2.55. The van der Waals surface area contributed by atoms with E-state index in [4.69, 9.17) is 9.47 Å². The molecule has 0 spiro atoms. The lowest BCUT2D eigenvalue weighted by Gasteiger charge is -2.38. The molecule has 1 unspecified atom stereocenters. The molecule has 2 heterocycles. The topological polar surface area (TPSA) is 78.0 Å².